The SMILES string of the molecule is CO/N=C/c1ccc[c]c1C. The van der Waals surface area contributed by atoms with E-state index in [1.807, 2.05) is 25.1 Å². The van der Waals surface area contributed by atoms with Gasteiger partial charge in [-0.2, -0.15) is 0 Å². The maximum Gasteiger partial charge on any atom is 0.106 e. The third-order valence-electron chi connectivity index (χ3n) is 1.40. The van der Waals surface area contributed by atoms with Gasteiger partial charge in [-0.15, -0.1) is 0 Å². The van der Waals surface area contributed by atoms with Crippen LogP contribution in [0.25, 0.3) is 0 Å². The van der Waals surface area contributed by atoms with Gasteiger partial charge in [-0.3, -0.25) is 0 Å². The van der Waals surface area contributed by atoms with E-state index in [1.54, 1.807) is 6.21 Å². The standard InChI is InChI=1S/C9H10NO/c1-8-5-3-4-6-9(8)7-10-11-2/h3-4,6-7H,1-2H3/b10-7+. The van der Waals surface area contributed by atoms with E-state index < -0.39 is 0 Å². The first-order chi connectivity index (χ1) is 5.34. The summed E-state index contributed by atoms with van der Waals surface area (Å²) in [5.41, 5.74) is 2.11. The summed E-state index contributed by atoms with van der Waals surface area (Å²) in [4.78, 5) is 4.56. The molecule has 0 aliphatic carbocycles. The Morgan fingerprint density at radius 2 is 2.45 bits per heavy atom. The van der Waals surface area contributed by atoms with Crippen molar-refractivity contribution in [1.82, 2.24) is 0 Å². The molecular formula is C9H10NO. The molecule has 0 fully saturated rings. The molecule has 0 saturated carbocycles. The maximum absolute atomic E-state index is 4.56. The van der Waals surface area contributed by atoms with Gasteiger partial charge in [0.1, 0.15) is 7.11 Å². The Kier molecular flexibility index (Phi) is 2.66. The van der Waals surface area contributed by atoms with Crippen LogP contribution in [-0.4, -0.2) is 13.3 Å². The Hall–Kier alpha value is -1.31. The zero-order chi connectivity index (χ0) is 8.10. The van der Waals surface area contributed by atoms with Gasteiger partial charge in [0, 0.05) is 0 Å². The molecule has 0 heterocycles. The first kappa shape index (κ1) is 7.79. The fourth-order valence-corrected chi connectivity index (χ4v) is 0.783. The lowest BCUT2D eigenvalue weighted by atomic mass is 10.1. The van der Waals surface area contributed by atoms with E-state index >= 15 is 0 Å². The molecule has 1 aromatic rings. The van der Waals surface area contributed by atoms with Crippen molar-refractivity contribution in [2.45, 2.75) is 6.92 Å². The van der Waals surface area contributed by atoms with E-state index in [0.29, 0.717) is 0 Å². The van der Waals surface area contributed by atoms with E-state index in [1.165, 1.54) is 7.11 Å². The van der Waals surface area contributed by atoms with E-state index in [4.69, 9.17) is 0 Å². The summed E-state index contributed by atoms with van der Waals surface area (Å²) in [5, 5.41) is 3.66. The second-order valence-electron chi connectivity index (χ2n) is 2.17. The largest absolute Gasteiger partial charge is 0.399 e. The van der Waals surface area contributed by atoms with Crippen LogP contribution >= 0.6 is 0 Å². The predicted octanol–water partition coefficient (Wildman–Crippen LogP) is 1.78. The second kappa shape index (κ2) is 3.76. The monoisotopic (exact) mass is 148 g/mol. The molecule has 0 aliphatic rings. The molecule has 2 heteroatoms. The second-order valence-corrected chi connectivity index (χ2v) is 2.17. The predicted molar refractivity (Wildman–Crippen MR) is 44.6 cm³/mol. The number of nitrogens with zero attached hydrogens (tertiary/aromatic N) is 1. The fraction of sp³-hybridized carbons (Fsp3) is 0.222. The van der Waals surface area contributed by atoms with Crippen LogP contribution in [0.4, 0.5) is 0 Å². The molecule has 57 valence electrons. The molecule has 1 aromatic carbocycles. The van der Waals surface area contributed by atoms with Crippen molar-refractivity contribution in [1.29, 1.82) is 0 Å². The summed E-state index contributed by atoms with van der Waals surface area (Å²) in [6, 6.07) is 8.82. The summed E-state index contributed by atoms with van der Waals surface area (Å²) < 4.78 is 0. The minimum Gasteiger partial charge on any atom is -0.399 e. The molecule has 1 rings (SSSR count). The van der Waals surface area contributed by atoms with E-state index in [0.717, 1.165) is 11.1 Å². The Morgan fingerprint density at radius 3 is 3.09 bits per heavy atom. The van der Waals surface area contributed by atoms with Gasteiger partial charge in [0.2, 0.25) is 0 Å². The zero-order valence-electron chi connectivity index (χ0n) is 6.66. The molecule has 0 aliphatic heterocycles. The molecule has 0 atom stereocenters. The van der Waals surface area contributed by atoms with Gasteiger partial charge in [0.25, 0.3) is 0 Å². The molecule has 0 bridgehead atoms. The normalized spacial score (nSPS) is 10.4. The summed E-state index contributed by atoms with van der Waals surface area (Å²) in [6.07, 6.45) is 1.67. The summed E-state index contributed by atoms with van der Waals surface area (Å²) in [7, 11) is 1.53. The van der Waals surface area contributed by atoms with Crippen LogP contribution in [0.5, 0.6) is 0 Å². The van der Waals surface area contributed by atoms with Gasteiger partial charge < -0.3 is 4.84 Å². The Bertz CT molecular complexity index is 255. The summed E-state index contributed by atoms with van der Waals surface area (Å²) >= 11 is 0. The number of oxime groups is 1. The van der Waals surface area contributed by atoms with Crippen molar-refractivity contribution < 1.29 is 4.84 Å². The third-order valence-corrected chi connectivity index (χ3v) is 1.40. The number of benzene rings is 1. The highest BCUT2D eigenvalue weighted by atomic mass is 16.6. The van der Waals surface area contributed by atoms with Gasteiger partial charge in [0.05, 0.1) is 6.21 Å². The molecule has 2 nitrogen and oxygen atoms in total. The maximum atomic E-state index is 4.56. The molecule has 0 saturated heterocycles. The van der Waals surface area contributed by atoms with Crippen molar-refractivity contribution in [2.24, 2.45) is 5.16 Å². The van der Waals surface area contributed by atoms with Gasteiger partial charge in [-0.25, -0.2) is 0 Å². The molecule has 11 heavy (non-hydrogen) atoms. The van der Waals surface area contributed by atoms with Crippen LogP contribution in [0.15, 0.2) is 23.4 Å². The first-order valence-electron chi connectivity index (χ1n) is 3.38. The highest BCUT2D eigenvalue weighted by molar-refractivity contribution is 5.80. The van der Waals surface area contributed by atoms with E-state index in [2.05, 4.69) is 16.1 Å². The minimum absolute atomic E-state index is 1.04. The van der Waals surface area contributed by atoms with Crippen LogP contribution in [0, 0.1) is 13.0 Å². The van der Waals surface area contributed by atoms with Gasteiger partial charge in [-0.05, 0) is 24.1 Å². The number of hydrogen-bond acceptors (Lipinski definition) is 2. The average Bonchev–Trinajstić information content (AvgIpc) is 2.03. The zero-order valence-corrected chi connectivity index (χ0v) is 6.66. The van der Waals surface area contributed by atoms with Gasteiger partial charge in [-0.1, -0.05) is 23.4 Å². The molecular weight excluding hydrogens is 138 g/mol. The lowest BCUT2D eigenvalue weighted by Gasteiger charge is -1.95. The molecule has 0 amide bonds. The van der Waals surface area contributed by atoms with Crippen molar-refractivity contribution in [3.05, 3.63) is 35.4 Å². The Labute approximate surface area is 66.5 Å². The van der Waals surface area contributed by atoms with Crippen LogP contribution in [0.2, 0.25) is 0 Å². The Balaban J connectivity index is 2.86. The topological polar surface area (TPSA) is 21.6 Å². The fourth-order valence-electron chi connectivity index (χ4n) is 0.783. The molecule has 0 aromatic heterocycles. The smallest absolute Gasteiger partial charge is 0.106 e. The summed E-state index contributed by atoms with van der Waals surface area (Å²) in [5.74, 6) is 0. The Morgan fingerprint density at radius 1 is 1.64 bits per heavy atom. The third kappa shape index (κ3) is 2.08. The highest BCUT2D eigenvalue weighted by Gasteiger charge is 1.90. The van der Waals surface area contributed by atoms with Crippen molar-refractivity contribution in [3.63, 3.8) is 0 Å². The van der Waals surface area contributed by atoms with Crippen molar-refractivity contribution >= 4 is 6.21 Å². The van der Waals surface area contributed by atoms with E-state index in [9.17, 15) is 0 Å². The van der Waals surface area contributed by atoms with Crippen LogP contribution < -0.4 is 0 Å². The van der Waals surface area contributed by atoms with Crippen molar-refractivity contribution in [3.8, 4) is 0 Å². The number of rotatable bonds is 2. The van der Waals surface area contributed by atoms with Crippen LogP contribution in [0.1, 0.15) is 11.1 Å². The molecule has 0 unspecified atom stereocenters. The average molecular weight is 148 g/mol. The first-order valence-corrected chi connectivity index (χ1v) is 3.38. The minimum atomic E-state index is 1.04. The number of aryl methyl sites for hydroxylation is 1. The molecule has 0 N–H and O–H groups in total. The lowest BCUT2D eigenvalue weighted by molar-refractivity contribution is 0.215. The quantitative estimate of drug-likeness (QED) is 0.462. The number of hydrogen-bond donors (Lipinski definition) is 0. The highest BCUT2D eigenvalue weighted by Crippen LogP contribution is 2.02. The van der Waals surface area contributed by atoms with Gasteiger partial charge in [0.15, 0.2) is 0 Å². The van der Waals surface area contributed by atoms with Crippen LogP contribution in [-0.2, 0) is 4.84 Å². The lowest BCUT2D eigenvalue weighted by Crippen LogP contribution is -1.85. The molecule has 1 radical (unpaired) electrons. The van der Waals surface area contributed by atoms with E-state index in [-0.39, 0.29) is 0 Å². The van der Waals surface area contributed by atoms with Crippen LogP contribution in [0.3, 0.4) is 0 Å². The summed E-state index contributed by atoms with van der Waals surface area (Å²) in [6.45, 7) is 1.98. The van der Waals surface area contributed by atoms with Crippen molar-refractivity contribution in [2.75, 3.05) is 7.11 Å². The molecule has 0 spiro atoms. The van der Waals surface area contributed by atoms with Gasteiger partial charge >= 0.3 is 0 Å².